The number of carbonyl (C=O) groups is 1. The van der Waals surface area contributed by atoms with Gasteiger partial charge in [0.2, 0.25) is 6.54 Å². The van der Waals surface area contributed by atoms with Crippen molar-refractivity contribution in [3.63, 3.8) is 0 Å². The first-order valence-electron chi connectivity index (χ1n) is 4.87. The van der Waals surface area contributed by atoms with E-state index in [1.165, 1.54) is 6.92 Å². The highest BCUT2D eigenvalue weighted by atomic mass is 16.6. The molecule has 0 bridgehead atoms. The molecule has 0 heterocycles. The molecular weight excluding hydrogens is 210 g/mol. The summed E-state index contributed by atoms with van der Waals surface area (Å²) in [5.74, 6) is -1.25. The molecule has 16 heavy (non-hydrogen) atoms. The molecule has 1 aromatic carbocycles. The Balaban J connectivity index is 2.96. The highest BCUT2D eigenvalue weighted by Gasteiger charge is 2.29. The van der Waals surface area contributed by atoms with Crippen LogP contribution in [0.25, 0.3) is 0 Å². The van der Waals surface area contributed by atoms with E-state index in [0.717, 1.165) is 0 Å². The van der Waals surface area contributed by atoms with Crippen LogP contribution < -0.4 is 0 Å². The lowest BCUT2D eigenvalue weighted by molar-refractivity contribution is -0.484. The van der Waals surface area contributed by atoms with Crippen LogP contribution in [0.3, 0.4) is 0 Å². The number of carbonyl (C=O) groups excluding carboxylic acids is 1. The molecule has 0 aromatic heterocycles. The molecular formula is C11H13NO4. The van der Waals surface area contributed by atoms with Gasteiger partial charge in [-0.1, -0.05) is 30.3 Å². The van der Waals surface area contributed by atoms with Crippen LogP contribution in [0.15, 0.2) is 30.3 Å². The van der Waals surface area contributed by atoms with Crippen LogP contribution in [0.4, 0.5) is 0 Å². The Morgan fingerprint density at radius 2 is 2.00 bits per heavy atom. The Hall–Kier alpha value is -1.75. The van der Waals surface area contributed by atoms with Crippen molar-refractivity contribution >= 4 is 5.78 Å². The molecule has 0 aliphatic carbocycles. The molecule has 1 aromatic rings. The van der Waals surface area contributed by atoms with Gasteiger partial charge >= 0.3 is 0 Å². The van der Waals surface area contributed by atoms with Gasteiger partial charge in [0.15, 0.2) is 5.78 Å². The number of nitro groups is 1. The predicted octanol–water partition coefficient (Wildman–Crippen LogP) is 0.997. The Morgan fingerprint density at radius 3 is 2.44 bits per heavy atom. The summed E-state index contributed by atoms with van der Waals surface area (Å²) in [5, 5.41) is 20.1. The average Bonchev–Trinajstić information content (AvgIpc) is 2.26. The Bertz CT molecular complexity index is 377. The van der Waals surface area contributed by atoms with Gasteiger partial charge in [0, 0.05) is 4.92 Å². The van der Waals surface area contributed by atoms with Gasteiger partial charge in [-0.3, -0.25) is 14.9 Å². The predicted molar refractivity (Wildman–Crippen MR) is 57.7 cm³/mol. The monoisotopic (exact) mass is 223 g/mol. The van der Waals surface area contributed by atoms with Crippen LogP contribution in [0.1, 0.15) is 18.4 Å². The topological polar surface area (TPSA) is 80.4 Å². The minimum atomic E-state index is -1.33. The summed E-state index contributed by atoms with van der Waals surface area (Å²) in [6.45, 7) is 0.769. The van der Waals surface area contributed by atoms with Crippen LogP contribution in [0.2, 0.25) is 0 Å². The van der Waals surface area contributed by atoms with Crippen molar-refractivity contribution in [3.8, 4) is 0 Å². The quantitative estimate of drug-likeness (QED) is 0.596. The Labute approximate surface area is 92.9 Å². The number of ketones is 1. The van der Waals surface area contributed by atoms with Gasteiger partial charge < -0.3 is 5.11 Å². The second-order valence-electron chi connectivity index (χ2n) is 3.59. The van der Waals surface area contributed by atoms with E-state index in [9.17, 15) is 20.0 Å². The molecule has 0 spiro atoms. The van der Waals surface area contributed by atoms with Crippen molar-refractivity contribution < 1.29 is 14.8 Å². The SMILES string of the molecule is CC(=O)[C@@H](O)[C@H](C[N+](=O)[O-])c1ccccc1. The van der Waals surface area contributed by atoms with Crippen molar-refractivity contribution in [2.45, 2.75) is 18.9 Å². The van der Waals surface area contributed by atoms with E-state index >= 15 is 0 Å². The Morgan fingerprint density at radius 1 is 1.44 bits per heavy atom. The van der Waals surface area contributed by atoms with Gasteiger partial charge in [-0.25, -0.2) is 0 Å². The van der Waals surface area contributed by atoms with E-state index in [0.29, 0.717) is 5.56 Å². The molecule has 5 nitrogen and oxygen atoms in total. The number of rotatable bonds is 5. The smallest absolute Gasteiger partial charge is 0.213 e. The van der Waals surface area contributed by atoms with Gasteiger partial charge in [-0.05, 0) is 12.5 Å². The summed E-state index contributed by atoms with van der Waals surface area (Å²) >= 11 is 0. The van der Waals surface area contributed by atoms with Gasteiger partial charge in [-0.15, -0.1) is 0 Å². The highest BCUT2D eigenvalue weighted by molar-refractivity contribution is 5.81. The maximum atomic E-state index is 11.1. The summed E-state index contributed by atoms with van der Waals surface area (Å²) in [6, 6.07) is 8.54. The third-order valence-corrected chi connectivity index (χ3v) is 2.37. The number of nitrogens with zero attached hydrogens (tertiary/aromatic N) is 1. The zero-order valence-corrected chi connectivity index (χ0v) is 8.87. The summed E-state index contributed by atoms with van der Waals surface area (Å²) in [6.07, 6.45) is -1.33. The van der Waals surface area contributed by atoms with Gasteiger partial charge in [-0.2, -0.15) is 0 Å². The molecule has 0 radical (unpaired) electrons. The number of hydrogen-bond acceptors (Lipinski definition) is 4. The van der Waals surface area contributed by atoms with Crippen molar-refractivity contribution in [3.05, 3.63) is 46.0 Å². The highest BCUT2D eigenvalue weighted by Crippen LogP contribution is 2.20. The van der Waals surface area contributed by atoms with Gasteiger partial charge in [0.1, 0.15) is 6.10 Å². The summed E-state index contributed by atoms with van der Waals surface area (Å²) in [7, 11) is 0. The van der Waals surface area contributed by atoms with E-state index in [2.05, 4.69) is 0 Å². The van der Waals surface area contributed by atoms with Gasteiger partial charge in [0.25, 0.3) is 0 Å². The summed E-state index contributed by atoms with van der Waals surface area (Å²) in [4.78, 5) is 21.0. The molecule has 0 aliphatic heterocycles. The average molecular weight is 223 g/mol. The van der Waals surface area contributed by atoms with Crippen LogP contribution in [0, 0.1) is 10.1 Å². The molecule has 1 N–H and O–H groups in total. The van der Waals surface area contributed by atoms with E-state index in [4.69, 9.17) is 0 Å². The molecule has 86 valence electrons. The summed E-state index contributed by atoms with van der Waals surface area (Å²) in [5.41, 5.74) is 0.599. The largest absolute Gasteiger partial charge is 0.384 e. The summed E-state index contributed by atoms with van der Waals surface area (Å²) < 4.78 is 0. The minimum absolute atomic E-state index is 0.454. The number of hydrogen-bond donors (Lipinski definition) is 1. The normalized spacial score (nSPS) is 14.1. The van der Waals surface area contributed by atoms with Crippen molar-refractivity contribution in [2.24, 2.45) is 0 Å². The maximum absolute atomic E-state index is 11.1. The van der Waals surface area contributed by atoms with Crippen LogP contribution >= 0.6 is 0 Å². The standard InChI is InChI=1S/C11H13NO4/c1-8(13)11(14)10(7-12(15)16)9-5-3-2-4-6-9/h2-6,10-11,14H,7H2,1H3/t10-,11-/m1/s1. The maximum Gasteiger partial charge on any atom is 0.213 e. The van der Waals surface area contributed by atoms with Crippen molar-refractivity contribution in [2.75, 3.05) is 6.54 Å². The first-order chi connectivity index (χ1) is 7.52. The van der Waals surface area contributed by atoms with Crippen LogP contribution in [0.5, 0.6) is 0 Å². The van der Waals surface area contributed by atoms with E-state index in [1.807, 2.05) is 0 Å². The first kappa shape index (κ1) is 12.3. The molecule has 0 fully saturated rings. The van der Waals surface area contributed by atoms with E-state index < -0.39 is 29.3 Å². The lowest BCUT2D eigenvalue weighted by Crippen LogP contribution is -2.30. The molecule has 0 unspecified atom stereocenters. The second-order valence-corrected chi connectivity index (χ2v) is 3.59. The molecule has 1 rings (SSSR count). The number of Topliss-reactive ketones (excluding diaryl/α,β-unsaturated/α-hetero) is 1. The molecule has 2 atom stereocenters. The van der Waals surface area contributed by atoms with Gasteiger partial charge in [0.05, 0.1) is 5.92 Å². The molecule has 5 heteroatoms. The van der Waals surface area contributed by atoms with Crippen LogP contribution in [-0.2, 0) is 4.79 Å². The fourth-order valence-electron chi connectivity index (χ4n) is 1.53. The zero-order chi connectivity index (χ0) is 12.1. The first-order valence-corrected chi connectivity index (χ1v) is 4.87. The van der Waals surface area contributed by atoms with E-state index in [-0.39, 0.29) is 0 Å². The molecule has 0 saturated heterocycles. The third-order valence-electron chi connectivity index (χ3n) is 2.37. The molecule has 0 aliphatic rings. The number of benzene rings is 1. The van der Waals surface area contributed by atoms with E-state index in [1.54, 1.807) is 30.3 Å². The Kier molecular flexibility index (Phi) is 4.13. The second kappa shape index (κ2) is 5.37. The van der Waals surface area contributed by atoms with Crippen molar-refractivity contribution in [1.29, 1.82) is 0 Å². The fraction of sp³-hybridized carbons (Fsp3) is 0.364. The van der Waals surface area contributed by atoms with Crippen molar-refractivity contribution in [1.82, 2.24) is 0 Å². The molecule has 0 saturated carbocycles. The number of aliphatic hydroxyl groups is 1. The lowest BCUT2D eigenvalue weighted by atomic mass is 9.91. The minimum Gasteiger partial charge on any atom is -0.384 e. The lowest BCUT2D eigenvalue weighted by Gasteiger charge is -2.17. The fourth-order valence-corrected chi connectivity index (χ4v) is 1.53. The number of aliphatic hydroxyl groups excluding tert-OH is 1. The molecule has 0 amide bonds. The zero-order valence-electron chi connectivity index (χ0n) is 8.87. The third kappa shape index (κ3) is 3.13. The van der Waals surface area contributed by atoms with Crippen LogP contribution in [-0.4, -0.2) is 28.5 Å².